The maximum absolute atomic E-state index is 12.1. The zero-order chi connectivity index (χ0) is 17.1. The van der Waals surface area contributed by atoms with Crippen molar-refractivity contribution < 1.29 is 14.6 Å². The zero-order valence-corrected chi connectivity index (χ0v) is 13.7. The third-order valence-electron chi connectivity index (χ3n) is 4.29. The summed E-state index contributed by atoms with van der Waals surface area (Å²) < 4.78 is 6.99. The summed E-state index contributed by atoms with van der Waals surface area (Å²) in [5, 5.41) is 30.7. The number of nitrogens with one attached hydrogen (secondary N) is 2. The van der Waals surface area contributed by atoms with Crippen LogP contribution in [0.2, 0.25) is 0 Å². The lowest BCUT2D eigenvalue weighted by Gasteiger charge is -2.35. The molecule has 24 heavy (non-hydrogen) atoms. The van der Waals surface area contributed by atoms with Crippen LogP contribution in [0.3, 0.4) is 0 Å². The molecule has 1 aliphatic rings. The van der Waals surface area contributed by atoms with Gasteiger partial charge in [-0.05, 0) is 19.8 Å². The first kappa shape index (κ1) is 16.5. The summed E-state index contributed by atoms with van der Waals surface area (Å²) in [4.78, 5) is 12.1. The van der Waals surface area contributed by atoms with Crippen LogP contribution in [0, 0.1) is 6.92 Å². The van der Waals surface area contributed by atoms with E-state index in [2.05, 4.69) is 30.9 Å². The Balaban J connectivity index is 1.59. The lowest BCUT2D eigenvalue weighted by atomic mass is 9.79. The average molecular weight is 335 g/mol. The fraction of sp³-hybridized carbons (Fsp3) is 0.643. The number of aromatic nitrogens is 6. The van der Waals surface area contributed by atoms with Gasteiger partial charge < -0.3 is 19.7 Å². The number of H-pyrrole nitrogens is 1. The van der Waals surface area contributed by atoms with E-state index in [-0.39, 0.29) is 24.5 Å². The van der Waals surface area contributed by atoms with Crippen molar-refractivity contribution in [2.45, 2.75) is 44.9 Å². The van der Waals surface area contributed by atoms with Gasteiger partial charge in [-0.2, -0.15) is 15.4 Å². The highest BCUT2D eigenvalue weighted by atomic mass is 16.5. The van der Waals surface area contributed by atoms with Gasteiger partial charge in [-0.1, -0.05) is 0 Å². The maximum Gasteiger partial charge on any atom is 0.273 e. The van der Waals surface area contributed by atoms with Crippen LogP contribution in [0.1, 0.15) is 46.6 Å². The Kier molecular flexibility index (Phi) is 4.86. The molecule has 0 saturated heterocycles. The summed E-state index contributed by atoms with van der Waals surface area (Å²) in [6, 6.07) is 0.0729. The van der Waals surface area contributed by atoms with Gasteiger partial charge in [0.15, 0.2) is 11.5 Å². The normalized spacial score (nSPS) is 20.0. The number of carbonyl (C=O) groups is 1. The Morgan fingerprint density at radius 1 is 1.42 bits per heavy atom. The highest BCUT2D eigenvalue weighted by molar-refractivity contribution is 5.93. The third-order valence-corrected chi connectivity index (χ3v) is 4.29. The molecular weight excluding hydrogens is 314 g/mol. The summed E-state index contributed by atoms with van der Waals surface area (Å²) >= 11 is 0. The number of carbonyl (C=O) groups excluding carboxylic acids is 1. The van der Waals surface area contributed by atoms with Crippen LogP contribution in [0.25, 0.3) is 0 Å². The molecule has 3 N–H and O–H groups in total. The largest absolute Gasteiger partial charge is 0.388 e. The third kappa shape index (κ3) is 3.15. The summed E-state index contributed by atoms with van der Waals surface area (Å²) in [5.41, 5.74) is 0.902. The lowest BCUT2D eigenvalue weighted by molar-refractivity contribution is 0.0900. The van der Waals surface area contributed by atoms with E-state index in [1.807, 2.05) is 4.57 Å². The van der Waals surface area contributed by atoms with E-state index < -0.39 is 0 Å². The zero-order valence-electron chi connectivity index (χ0n) is 13.7. The quantitative estimate of drug-likeness (QED) is 0.623. The van der Waals surface area contributed by atoms with Gasteiger partial charge in [0.2, 0.25) is 0 Å². The topological polar surface area (TPSA) is 131 Å². The number of aliphatic hydroxyl groups is 1. The van der Waals surface area contributed by atoms with Crippen LogP contribution in [0.5, 0.6) is 0 Å². The van der Waals surface area contributed by atoms with Crippen molar-refractivity contribution in [2.75, 3.05) is 13.7 Å². The van der Waals surface area contributed by atoms with Crippen molar-refractivity contribution in [1.82, 2.24) is 35.5 Å². The van der Waals surface area contributed by atoms with E-state index in [1.54, 1.807) is 14.0 Å². The predicted molar refractivity (Wildman–Crippen MR) is 82.2 cm³/mol. The van der Waals surface area contributed by atoms with E-state index in [0.717, 1.165) is 18.7 Å². The van der Waals surface area contributed by atoms with Crippen molar-refractivity contribution in [2.24, 2.45) is 0 Å². The molecule has 0 bridgehead atoms. The van der Waals surface area contributed by atoms with Gasteiger partial charge in [-0.15, -0.1) is 10.2 Å². The van der Waals surface area contributed by atoms with Crippen LogP contribution in [0.4, 0.5) is 0 Å². The number of rotatable bonds is 7. The van der Waals surface area contributed by atoms with Gasteiger partial charge in [0.25, 0.3) is 5.91 Å². The first-order chi connectivity index (χ1) is 11.6. The molecule has 1 amide bonds. The van der Waals surface area contributed by atoms with Gasteiger partial charge in [0.1, 0.15) is 12.4 Å². The molecule has 0 spiro atoms. The summed E-state index contributed by atoms with van der Waals surface area (Å²) in [5.74, 6) is 1.35. The number of nitrogens with zero attached hydrogens (tertiary/aromatic N) is 5. The Hall–Kier alpha value is -2.33. The highest BCUT2D eigenvalue weighted by Crippen LogP contribution is 2.36. The maximum atomic E-state index is 12.1. The Labute approximate surface area is 138 Å². The molecule has 1 aliphatic carbocycles. The second-order valence-corrected chi connectivity index (χ2v) is 5.87. The number of methoxy groups -OCH3 is 1. The number of aromatic amines is 1. The second kappa shape index (κ2) is 7.05. The van der Waals surface area contributed by atoms with Gasteiger partial charge in [-0.3, -0.25) is 4.79 Å². The van der Waals surface area contributed by atoms with Crippen LogP contribution < -0.4 is 5.32 Å². The van der Waals surface area contributed by atoms with Crippen molar-refractivity contribution in [3.63, 3.8) is 0 Å². The number of aryl methyl sites for hydroxylation is 1. The number of aliphatic hydroxyl groups excluding tert-OH is 1. The highest BCUT2D eigenvalue weighted by Gasteiger charge is 2.36. The minimum atomic E-state index is -0.221. The van der Waals surface area contributed by atoms with E-state index in [1.165, 1.54) is 0 Å². The molecule has 2 aromatic rings. The fourth-order valence-corrected chi connectivity index (χ4v) is 2.89. The second-order valence-electron chi connectivity index (χ2n) is 5.87. The van der Waals surface area contributed by atoms with E-state index in [9.17, 15) is 9.90 Å². The van der Waals surface area contributed by atoms with Crippen molar-refractivity contribution in [1.29, 1.82) is 0 Å². The molecule has 1 fully saturated rings. The monoisotopic (exact) mass is 335 g/mol. The fourth-order valence-electron chi connectivity index (χ4n) is 2.89. The minimum Gasteiger partial charge on any atom is -0.388 e. The molecule has 3 rings (SSSR count). The SMILES string of the molecule is COCCn1c(CO)nnc1C1CC(NC(=O)c2n[nH]nc2C)C1. The van der Waals surface area contributed by atoms with Crippen LogP contribution in [0.15, 0.2) is 0 Å². The van der Waals surface area contributed by atoms with Gasteiger partial charge in [0, 0.05) is 25.6 Å². The molecular formula is C14H21N7O3. The van der Waals surface area contributed by atoms with Gasteiger partial charge >= 0.3 is 0 Å². The Morgan fingerprint density at radius 2 is 2.21 bits per heavy atom. The standard InChI is InChI=1S/C14H21N7O3/c1-8-12(18-20-16-8)14(23)15-10-5-9(6-10)13-19-17-11(7-22)21(13)3-4-24-2/h9-10,22H,3-7H2,1-2H3,(H,15,23)(H,16,18,20). The summed E-state index contributed by atoms with van der Waals surface area (Å²) in [6.07, 6.45) is 1.55. The molecule has 0 atom stereocenters. The van der Waals surface area contributed by atoms with Crippen molar-refractivity contribution >= 4 is 5.91 Å². The molecule has 0 radical (unpaired) electrons. The Bertz CT molecular complexity index is 705. The van der Waals surface area contributed by atoms with Crippen LogP contribution in [-0.2, 0) is 17.9 Å². The predicted octanol–water partition coefficient (Wildman–Crippen LogP) is -0.481. The molecule has 0 aromatic carbocycles. The summed E-state index contributed by atoms with van der Waals surface area (Å²) in [6.45, 7) is 2.70. The van der Waals surface area contributed by atoms with Gasteiger partial charge in [0.05, 0.1) is 12.3 Å². The number of ether oxygens (including phenoxy) is 1. The Morgan fingerprint density at radius 3 is 2.83 bits per heavy atom. The molecule has 10 nitrogen and oxygen atoms in total. The molecule has 2 heterocycles. The van der Waals surface area contributed by atoms with Gasteiger partial charge in [-0.25, -0.2) is 0 Å². The van der Waals surface area contributed by atoms with E-state index in [4.69, 9.17) is 4.74 Å². The first-order valence-corrected chi connectivity index (χ1v) is 7.84. The molecule has 0 aliphatic heterocycles. The van der Waals surface area contributed by atoms with Crippen LogP contribution >= 0.6 is 0 Å². The lowest BCUT2D eigenvalue weighted by Crippen LogP contribution is -2.44. The summed E-state index contributed by atoms with van der Waals surface area (Å²) in [7, 11) is 1.63. The number of hydrogen-bond donors (Lipinski definition) is 3. The molecule has 0 unspecified atom stereocenters. The van der Waals surface area contributed by atoms with Crippen LogP contribution in [-0.4, -0.2) is 60.9 Å². The van der Waals surface area contributed by atoms with E-state index in [0.29, 0.717) is 30.4 Å². The van der Waals surface area contributed by atoms with E-state index >= 15 is 0 Å². The minimum absolute atomic E-state index is 0.0729. The van der Waals surface area contributed by atoms with Crippen molar-refractivity contribution in [3.8, 4) is 0 Å². The number of hydrogen-bond acceptors (Lipinski definition) is 7. The smallest absolute Gasteiger partial charge is 0.273 e. The molecule has 1 saturated carbocycles. The average Bonchev–Trinajstić information content (AvgIpc) is 3.14. The molecule has 2 aromatic heterocycles. The number of amides is 1. The first-order valence-electron chi connectivity index (χ1n) is 7.84. The van der Waals surface area contributed by atoms with Crippen molar-refractivity contribution in [3.05, 3.63) is 23.0 Å². The molecule has 130 valence electrons. The molecule has 10 heteroatoms.